The van der Waals surface area contributed by atoms with Gasteiger partial charge in [0.15, 0.2) is 0 Å². The maximum absolute atomic E-state index is 13.3. The quantitative estimate of drug-likeness (QED) is 0.621. The largest absolute Gasteiger partial charge is 0.507 e. The minimum Gasteiger partial charge on any atom is -0.507 e. The fourth-order valence-electron chi connectivity index (χ4n) is 3.64. The topological polar surface area (TPSA) is 81.7 Å². The van der Waals surface area contributed by atoms with Gasteiger partial charge in [0.2, 0.25) is 0 Å². The van der Waals surface area contributed by atoms with Crippen LogP contribution in [0.5, 0.6) is 5.75 Å². The van der Waals surface area contributed by atoms with Crippen molar-refractivity contribution >= 4 is 17.5 Å². The van der Waals surface area contributed by atoms with E-state index in [4.69, 9.17) is 0 Å². The van der Waals surface area contributed by atoms with Crippen LogP contribution in [-0.2, 0) is 0 Å². The van der Waals surface area contributed by atoms with E-state index in [1.54, 1.807) is 0 Å². The average molecular weight is 431 g/mol. The Balaban J connectivity index is 1.57. The highest BCUT2D eigenvalue weighted by molar-refractivity contribution is 6.05. The number of anilines is 1. The molecule has 1 aliphatic rings. The third-order valence-corrected chi connectivity index (χ3v) is 5.38. The molecule has 3 rings (SSSR count). The molecule has 166 valence electrons. The van der Waals surface area contributed by atoms with Gasteiger partial charge in [-0.25, -0.2) is 8.78 Å². The van der Waals surface area contributed by atoms with Crippen molar-refractivity contribution in [2.24, 2.45) is 0 Å². The number of phenolic OH excluding ortho intramolecular Hbond substituents is 1. The molecule has 1 aliphatic heterocycles. The Morgan fingerprint density at radius 2 is 1.74 bits per heavy atom. The van der Waals surface area contributed by atoms with Gasteiger partial charge in [0, 0.05) is 42.5 Å². The van der Waals surface area contributed by atoms with Crippen LogP contribution in [-0.4, -0.2) is 47.5 Å². The molecule has 2 amide bonds. The number of nitrogens with zero attached hydrogens (tertiary/aromatic N) is 1. The van der Waals surface area contributed by atoms with Crippen LogP contribution in [0.2, 0.25) is 0 Å². The molecule has 3 N–H and O–H groups in total. The summed E-state index contributed by atoms with van der Waals surface area (Å²) in [4.78, 5) is 27.2. The van der Waals surface area contributed by atoms with Crippen LogP contribution in [0.3, 0.4) is 0 Å². The first-order chi connectivity index (χ1) is 14.9. The van der Waals surface area contributed by atoms with Gasteiger partial charge in [-0.3, -0.25) is 9.59 Å². The van der Waals surface area contributed by atoms with Crippen LogP contribution in [0.1, 0.15) is 53.3 Å². The number of aromatic hydroxyl groups is 1. The second-order valence-corrected chi connectivity index (χ2v) is 7.79. The number of nitrogens with one attached hydrogen (secondary N) is 2. The smallest absolute Gasteiger partial charge is 0.255 e. The van der Waals surface area contributed by atoms with Crippen molar-refractivity contribution in [1.82, 2.24) is 10.2 Å². The number of phenols is 1. The minimum absolute atomic E-state index is 0.0482. The molecule has 0 bridgehead atoms. The standard InChI is InChI=1S/C23H27F2N3O3/c1-2-3-8-28-9-6-18(7-10-28)26-23(31)20-5-4-19(14-21(20)29)27-22(30)15-11-16(24)13-17(25)12-15/h4-5,11-14,18,29H,2-3,6-10H2,1H3,(H,26,31)(H,27,30). The van der Waals surface area contributed by atoms with E-state index < -0.39 is 17.5 Å². The SMILES string of the molecule is CCCCN1CCC(NC(=O)c2ccc(NC(=O)c3cc(F)cc(F)c3)cc2O)CC1. The van der Waals surface area contributed by atoms with Crippen LogP contribution in [0.15, 0.2) is 36.4 Å². The molecular weight excluding hydrogens is 404 g/mol. The Kier molecular flexibility index (Phi) is 7.57. The van der Waals surface area contributed by atoms with Gasteiger partial charge in [-0.2, -0.15) is 0 Å². The fraction of sp³-hybridized carbons (Fsp3) is 0.391. The highest BCUT2D eigenvalue weighted by atomic mass is 19.1. The van der Waals surface area contributed by atoms with E-state index in [0.717, 1.165) is 51.0 Å². The van der Waals surface area contributed by atoms with Crippen LogP contribution >= 0.6 is 0 Å². The first-order valence-corrected chi connectivity index (χ1v) is 10.5. The fourth-order valence-corrected chi connectivity index (χ4v) is 3.64. The van der Waals surface area contributed by atoms with Crippen molar-refractivity contribution in [2.75, 3.05) is 25.0 Å². The molecule has 0 radical (unpaired) electrons. The number of rotatable bonds is 7. The monoisotopic (exact) mass is 431 g/mol. The lowest BCUT2D eigenvalue weighted by molar-refractivity contribution is 0.0907. The lowest BCUT2D eigenvalue weighted by Gasteiger charge is -2.32. The predicted octanol–water partition coefficient (Wildman–Crippen LogP) is 3.92. The molecule has 1 heterocycles. The van der Waals surface area contributed by atoms with E-state index in [1.165, 1.54) is 24.6 Å². The van der Waals surface area contributed by atoms with Crippen molar-refractivity contribution in [3.63, 3.8) is 0 Å². The van der Waals surface area contributed by atoms with Gasteiger partial charge >= 0.3 is 0 Å². The van der Waals surface area contributed by atoms with Crippen LogP contribution in [0, 0.1) is 11.6 Å². The Morgan fingerprint density at radius 1 is 1.06 bits per heavy atom. The van der Waals surface area contributed by atoms with E-state index in [1.807, 2.05) is 0 Å². The number of likely N-dealkylation sites (tertiary alicyclic amines) is 1. The molecule has 0 aromatic heterocycles. The summed E-state index contributed by atoms with van der Waals surface area (Å²) < 4.78 is 26.6. The second kappa shape index (κ2) is 10.3. The summed E-state index contributed by atoms with van der Waals surface area (Å²) in [5, 5.41) is 15.7. The Morgan fingerprint density at radius 3 is 2.35 bits per heavy atom. The Hall–Kier alpha value is -3.00. The van der Waals surface area contributed by atoms with Gasteiger partial charge in [0.05, 0.1) is 5.56 Å². The van der Waals surface area contributed by atoms with E-state index in [9.17, 15) is 23.5 Å². The number of carbonyl (C=O) groups is 2. The number of carbonyl (C=O) groups excluding carboxylic acids is 2. The van der Waals surface area contributed by atoms with E-state index in [0.29, 0.717) is 6.07 Å². The zero-order chi connectivity index (χ0) is 22.4. The van der Waals surface area contributed by atoms with Crippen LogP contribution < -0.4 is 10.6 Å². The number of hydrogen-bond acceptors (Lipinski definition) is 4. The number of halogens is 2. The third-order valence-electron chi connectivity index (χ3n) is 5.38. The van der Waals surface area contributed by atoms with Crippen molar-refractivity contribution < 1.29 is 23.5 Å². The summed E-state index contributed by atoms with van der Waals surface area (Å²) in [6, 6.07) is 6.63. The molecule has 2 aromatic carbocycles. The molecule has 31 heavy (non-hydrogen) atoms. The Bertz CT molecular complexity index is 923. The lowest BCUT2D eigenvalue weighted by Crippen LogP contribution is -2.44. The molecule has 2 aromatic rings. The number of hydrogen-bond donors (Lipinski definition) is 3. The minimum atomic E-state index is -0.865. The summed E-state index contributed by atoms with van der Waals surface area (Å²) >= 11 is 0. The molecule has 0 atom stereocenters. The normalized spacial score (nSPS) is 14.9. The molecule has 0 unspecified atom stereocenters. The van der Waals surface area contributed by atoms with Gasteiger partial charge < -0.3 is 20.6 Å². The number of amides is 2. The van der Waals surface area contributed by atoms with Gasteiger partial charge in [-0.1, -0.05) is 13.3 Å². The molecule has 6 nitrogen and oxygen atoms in total. The Labute approximate surface area is 180 Å². The van der Waals surface area contributed by atoms with Gasteiger partial charge in [0.25, 0.3) is 11.8 Å². The van der Waals surface area contributed by atoms with Crippen LogP contribution in [0.4, 0.5) is 14.5 Å². The number of unbranched alkanes of at least 4 members (excludes halogenated alkanes) is 1. The zero-order valence-corrected chi connectivity index (χ0v) is 17.5. The summed E-state index contributed by atoms with van der Waals surface area (Å²) in [6.07, 6.45) is 4.04. The van der Waals surface area contributed by atoms with Gasteiger partial charge in [-0.15, -0.1) is 0 Å². The first kappa shape index (κ1) is 22.7. The summed E-state index contributed by atoms with van der Waals surface area (Å²) in [7, 11) is 0. The van der Waals surface area contributed by atoms with Gasteiger partial charge in [-0.05, 0) is 50.1 Å². The second-order valence-electron chi connectivity index (χ2n) is 7.79. The lowest BCUT2D eigenvalue weighted by atomic mass is 10.0. The highest BCUT2D eigenvalue weighted by Gasteiger charge is 2.22. The van der Waals surface area contributed by atoms with Crippen molar-refractivity contribution in [2.45, 2.75) is 38.6 Å². The van der Waals surface area contributed by atoms with Crippen molar-refractivity contribution in [3.8, 4) is 5.75 Å². The van der Waals surface area contributed by atoms with Crippen molar-refractivity contribution in [1.29, 1.82) is 0 Å². The van der Waals surface area contributed by atoms with Crippen LogP contribution in [0.25, 0.3) is 0 Å². The van der Waals surface area contributed by atoms with E-state index >= 15 is 0 Å². The maximum atomic E-state index is 13.3. The van der Waals surface area contributed by atoms with Gasteiger partial charge in [0.1, 0.15) is 17.4 Å². The molecular formula is C23H27F2N3O3. The summed E-state index contributed by atoms with van der Waals surface area (Å²) in [5.41, 5.74) is 0.111. The predicted molar refractivity (Wildman–Crippen MR) is 114 cm³/mol. The summed E-state index contributed by atoms with van der Waals surface area (Å²) in [6.45, 7) is 5.11. The number of piperidine rings is 1. The van der Waals surface area contributed by atoms with E-state index in [-0.39, 0.29) is 34.5 Å². The third kappa shape index (κ3) is 6.24. The average Bonchev–Trinajstić information content (AvgIpc) is 2.72. The van der Waals surface area contributed by atoms with E-state index in [2.05, 4.69) is 22.5 Å². The zero-order valence-electron chi connectivity index (χ0n) is 17.5. The summed E-state index contributed by atoms with van der Waals surface area (Å²) in [5.74, 6) is -3.13. The molecule has 0 aliphatic carbocycles. The molecule has 0 spiro atoms. The molecule has 0 saturated carbocycles. The number of benzene rings is 2. The highest BCUT2D eigenvalue weighted by Crippen LogP contribution is 2.23. The first-order valence-electron chi connectivity index (χ1n) is 10.5. The molecule has 8 heteroatoms. The molecule has 1 saturated heterocycles. The van der Waals surface area contributed by atoms with Crippen molar-refractivity contribution in [3.05, 3.63) is 59.2 Å². The maximum Gasteiger partial charge on any atom is 0.255 e. The molecule has 1 fully saturated rings.